The van der Waals surface area contributed by atoms with E-state index in [0.29, 0.717) is 6.04 Å². The summed E-state index contributed by atoms with van der Waals surface area (Å²) in [5, 5.41) is 0. The van der Waals surface area contributed by atoms with Crippen molar-refractivity contribution in [2.24, 2.45) is 0 Å². The summed E-state index contributed by atoms with van der Waals surface area (Å²) < 4.78 is 0. The molecule has 2 rings (SSSR count). The normalized spacial score (nSPS) is 18.1. The van der Waals surface area contributed by atoms with Gasteiger partial charge in [0.1, 0.15) is 0 Å². The molecule has 16 heavy (non-hydrogen) atoms. The van der Waals surface area contributed by atoms with Crippen molar-refractivity contribution >= 4 is 11.4 Å². The van der Waals surface area contributed by atoms with Gasteiger partial charge in [-0.05, 0) is 37.1 Å². The average molecular weight is 218 g/mol. The molecule has 2 heteroatoms. The summed E-state index contributed by atoms with van der Waals surface area (Å²) >= 11 is 0. The van der Waals surface area contributed by atoms with Crippen molar-refractivity contribution in [2.45, 2.75) is 44.6 Å². The van der Waals surface area contributed by atoms with E-state index in [1.165, 1.54) is 44.2 Å². The molecule has 2 nitrogen and oxygen atoms in total. The van der Waals surface area contributed by atoms with Crippen LogP contribution in [0.4, 0.5) is 11.4 Å². The van der Waals surface area contributed by atoms with E-state index in [2.05, 4.69) is 24.1 Å². The SMILES string of the molecule is CN(c1ccc(N)cc1)C1CCCCCC1. The Bertz CT molecular complexity index is 310. The molecule has 1 aromatic rings. The van der Waals surface area contributed by atoms with Crippen LogP contribution in [0.3, 0.4) is 0 Å². The summed E-state index contributed by atoms with van der Waals surface area (Å²) in [5.74, 6) is 0. The Morgan fingerprint density at radius 3 is 2.12 bits per heavy atom. The minimum Gasteiger partial charge on any atom is -0.399 e. The number of nitrogen functional groups attached to an aromatic ring is 1. The van der Waals surface area contributed by atoms with Gasteiger partial charge in [0.15, 0.2) is 0 Å². The summed E-state index contributed by atoms with van der Waals surface area (Å²) in [6.45, 7) is 0. The second-order valence-electron chi connectivity index (χ2n) is 4.85. The maximum absolute atomic E-state index is 5.71. The van der Waals surface area contributed by atoms with E-state index in [9.17, 15) is 0 Å². The zero-order valence-electron chi connectivity index (χ0n) is 10.2. The van der Waals surface area contributed by atoms with Gasteiger partial charge in [0.2, 0.25) is 0 Å². The predicted octanol–water partition coefficient (Wildman–Crippen LogP) is 3.43. The molecule has 0 bridgehead atoms. The monoisotopic (exact) mass is 218 g/mol. The number of nitrogens with two attached hydrogens (primary N) is 1. The third-order valence-electron chi connectivity index (χ3n) is 3.67. The van der Waals surface area contributed by atoms with Gasteiger partial charge in [0, 0.05) is 24.5 Å². The molecule has 1 aliphatic rings. The Labute approximate surface area is 98.4 Å². The summed E-state index contributed by atoms with van der Waals surface area (Å²) in [7, 11) is 2.21. The van der Waals surface area contributed by atoms with Gasteiger partial charge in [-0.15, -0.1) is 0 Å². The van der Waals surface area contributed by atoms with Crippen LogP contribution in [0.1, 0.15) is 38.5 Å². The average Bonchev–Trinajstić information content (AvgIpc) is 2.57. The van der Waals surface area contributed by atoms with Gasteiger partial charge >= 0.3 is 0 Å². The number of rotatable bonds is 2. The van der Waals surface area contributed by atoms with E-state index in [-0.39, 0.29) is 0 Å². The minimum absolute atomic E-state index is 0.714. The van der Waals surface area contributed by atoms with Crippen molar-refractivity contribution < 1.29 is 0 Å². The second-order valence-corrected chi connectivity index (χ2v) is 4.85. The highest BCUT2D eigenvalue weighted by molar-refractivity contribution is 5.53. The Hall–Kier alpha value is -1.18. The Morgan fingerprint density at radius 1 is 1.00 bits per heavy atom. The molecule has 0 aliphatic heterocycles. The molecule has 1 fully saturated rings. The lowest BCUT2D eigenvalue weighted by Crippen LogP contribution is -2.30. The number of anilines is 2. The number of nitrogens with zero attached hydrogens (tertiary/aromatic N) is 1. The van der Waals surface area contributed by atoms with Gasteiger partial charge in [0.25, 0.3) is 0 Å². The van der Waals surface area contributed by atoms with Gasteiger partial charge in [0.05, 0.1) is 0 Å². The topological polar surface area (TPSA) is 29.3 Å². The highest BCUT2D eigenvalue weighted by atomic mass is 15.1. The van der Waals surface area contributed by atoms with Crippen LogP contribution in [-0.4, -0.2) is 13.1 Å². The van der Waals surface area contributed by atoms with E-state index >= 15 is 0 Å². The lowest BCUT2D eigenvalue weighted by Gasteiger charge is -2.29. The molecule has 88 valence electrons. The van der Waals surface area contributed by atoms with Gasteiger partial charge in [-0.25, -0.2) is 0 Å². The third kappa shape index (κ3) is 2.69. The molecule has 1 saturated carbocycles. The molecule has 0 unspecified atom stereocenters. The summed E-state index contributed by atoms with van der Waals surface area (Å²) in [5.41, 5.74) is 7.85. The lowest BCUT2D eigenvalue weighted by molar-refractivity contribution is 0.553. The second kappa shape index (κ2) is 5.24. The van der Waals surface area contributed by atoms with Gasteiger partial charge < -0.3 is 10.6 Å². The predicted molar refractivity (Wildman–Crippen MR) is 70.7 cm³/mol. The van der Waals surface area contributed by atoms with Crippen molar-refractivity contribution in [3.05, 3.63) is 24.3 Å². The van der Waals surface area contributed by atoms with Crippen LogP contribution >= 0.6 is 0 Å². The zero-order chi connectivity index (χ0) is 11.4. The van der Waals surface area contributed by atoms with Crippen molar-refractivity contribution in [2.75, 3.05) is 17.7 Å². The lowest BCUT2D eigenvalue weighted by atomic mass is 10.1. The first-order valence-corrected chi connectivity index (χ1v) is 6.36. The summed E-state index contributed by atoms with van der Waals surface area (Å²) in [6.07, 6.45) is 8.24. The Balaban J connectivity index is 2.04. The molecule has 0 atom stereocenters. The highest BCUT2D eigenvalue weighted by Crippen LogP contribution is 2.25. The fourth-order valence-corrected chi connectivity index (χ4v) is 2.57. The van der Waals surface area contributed by atoms with E-state index < -0.39 is 0 Å². The first-order valence-electron chi connectivity index (χ1n) is 6.36. The molecular weight excluding hydrogens is 196 g/mol. The quantitative estimate of drug-likeness (QED) is 0.608. The molecule has 1 aliphatic carbocycles. The maximum atomic E-state index is 5.71. The zero-order valence-corrected chi connectivity index (χ0v) is 10.2. The molecule has 2 N–H and O–H groups in total. The fraction of sp³-hybridized carbons (Fsp3) is 0.571. The van der Waals surface area contributed by atoms with Crippen molar-refractivity contribution in [3.63, 3.8) is 0 Å². The Morgan fingerprint density at radius 2 is 1.56 bits per heavy atom. The number of benzene rings is 1. The fourth-order valence-electron chi connectivity index (χ4n) is 2.57. The molecule has 0 aromatic heterocycles. The van der Waals surface area contributed by atoms with Crippen LogP contribution < -0.4 is 10.6 Å². The smallest absolute Gasteiger partial charge is 0.0367 e. The highest BCUT2D eigenvalue weighted by Gasteiger charge is 2.16. The van der Waals surface area contributed by atoms with Crippen molar-refractivity contribution in [1.29, 1.82) is 0 Å². The minimum atomic E-state index is 0.714. The summed E-state index contributed by atoms with van der Waals surface area (Å²) in [6, 6.07) is 8.94. The van der Waals surface area contributed by atoms with E-state index in [0.717, 1.165) is 5.69 Å². The van der Waals surface area contributed by atoms with Crippen LogP contribution in [0.2, 0.25) is 0 Å². The molecule has 0 radical (unpaired) electrons. The van der Waals surface area contributed by atoms with Crippen molar-refractivity contribution in [3.8, 4) is 0 Å². The van der Waals surface area contributed by atoms with E-state index in [1.807, 2.05) is 12.1 Å². The van der Waals surface area contributed by atoms with Crippen LogP contribution in [-0.2, 0) is 0 Å². The summed E-state index contributed by atoms with van der Waals surface area (Å²) in [4.78, 5) is 2.42. The molecule has 1 aromatic carbocycles. The van der Waals surface area contributed by atoms with Crippen LogP contribution in [0.15, 0.2) is 24.3 Å². The molecule has 0 amide bonds. The first-order chi connectivity index (χ1) is 7.77. The van der Waals surface area contributed by atoms with Crippen LogP contribution in [0.25, 0.3) is 0 Å². The first kappa shape index (κ1) is 11.3. The van der Waals surface area contributed by atoms with E-state index in [1.54, 1.807) is 0 Å². The molecular formula is C14H22N2. The van der Waals surface area contributed by atoms with Crippen LogP contribution in [0.5, 0.6) is 0 Å². The third-order valence-corrected chi connectivity index (χ3v) is 3.67. The number of hydrogen-bond acceptors (Lipinski definition) is 2. The van der Waals surface area contributed by atoms with Gasteiger partial charge in [-0.2, -0.15) is 0 Å². The maximum Gasteiger partial charge on any atom is 0.0367 e. The largest absolute Gasteiger partial charge is 0.399 e. The standard InChI is InChI=1S/C14H22N2/c1-16(13-6-4-2-3-5-7-13)14-10-8-12(15)9-11-14/h8-11,13H,2-7,15H2,1H3. The van der Waals surface area contributed by atoms with Gasteiger partial charge in [-0.1, -0.05) is 25.7 Å². The number of hydrogen-bond donors (Lipinski definition) is 1. The van der Waals surface area contributed by atoms with Gasteiger partial charge in [-0.3, -0.25) is 0 Å². The Kier molecular flexibility index (Phi) is 3.70. The van der Waals surface area contributed by atoms with Crippen LogP contribution in [0, 0.1) is 0 Å². The van der Waals surface area contributed by atoms with Crippen molar-refractivity contribution in [1.82, 2.24) is 0 Å². The molecule has 0 saturated heterocycles. The molecule has 0 spiro atoms. The molecule has 0 heterocycles. The van der Waals surface area contributed by atoms with E-state index in [4.69, 9.17) is 5.73 Å².